The summed E-state index contributed by atoms with van der Waals surface area (Å²) in [6.07, 6.45) is 0.639. The molecule has 4 N–H and O–H groups in total. The van der Waals surface area contributed by atoms with Gasteiger partial charge in [0, 0.05) is 12.6 Å². The third-order valence-electron chi connectivity index (χ3n) is 1.84. The molecule has 0 radical (unpaired) electrons. The van der Waals surface area contributed by atoms with Crippen LogP contribution in [0.1, 0.15) is 27.2 Å². The number of carboxylic acid groups (broad SMARTS) is 1. The van der Waals surface area contributed by atoms with Crippen molar-refractivity contribution in [2.75, 3.05) is 6.54 Å². The summed E-state index contributed by atoms with van der Waals surface area (Å²) in [7, 11) is 0. The molecule has 0 aliphatic rings. The highest BCUT2D eigenvalue weighted by Crippen LogP contribution is 2.05. The minimum absolute atomic E-state index is 0.0554. The van der Waals surface area contributed by atoms with E-state index in [0.29, 0.717) is 18.9 Å². The molecule has 0 spiro atoms. The van der Waals surface area contributed by atoms with E-state index in [2.05, 4.69) is 5.32 Å². The zero-order valence-electron chi connectivity index (χ0n) is 8.58. The van der Waals surface area contributed by atoms with E-state index in [0.717, 1.165) is 0 Å². The van der Waals surface area contributed by atoms with Gasteiger partial charge in [0.2, 0.25) is 0 Å². The Morgan fingerprint density at radius 1 is 1.46 bits per heavy atom. The van der Waals surface area contributed by atoms with Gasteiger partial charge in [0.15, 0.2) is 0 Å². The fraction of sp³-hybridized carbons (Fsp3) is 0.889. The molecule has 0 rings (SSSR count). The third kappa shape index (κ3) is 5.60. The zero-order valence-corrected chi connectivity index (χ0v) is 8.58. The second-order valence-corrected chi connectivity index (χ2v) is 3.82. The summed E-state index contributed by atoms with van der Waals surface area (Å²) < 4.78 is 0. The summed E-state index contributed by atoms with van der Waals surface area (Å²) in [6, 6.07) is -0.418. The van der Waals surface area contributed by atoms with Crippen molar-refractivity contribution in [3.63, 3.8) is 0 Å². The lowest BCUT2D eigenvalue weighted by Crippen LogP contribution is -2.45. The van der Waals surface area contributed by atoms with Crippen molar-refractivity contribution >= 4 is 5.97 Å². The SMILES string of the molecule is CC(C)CC(NC(C)CN)C(=O)O. The number of rotatable bonds is 6. The fourth-order valence-corrected chi connectivity index (χ4v) is 1.12. The average Bonchev–Trinajstić information content (AvgIpc) is 2.02. The van der Waals surface area contributed by atoms with Crippen LogP contribution in [0.15, 0.2) is 0 Å². The van der Waals surface area contributed by atoms with E-state index < -0.39 is 12.0 Å². The minimum Gasteiger partial charge on any atom is -0.480 e. The van der Waals surface area contributed by atoms with Crippen LogP contribution in [0.3, 0.4) is 0 Å². The molecule has 0 aromatic heterocycles. The van der Waals surface area contributed by atoms with Gasteiger partial charge in [-0.3, -0.25) is 4.79 Å². The number of nitrogens with one attached hydrogen (secondary N) is 1. The summed E-state index contributed by atoms with van der Waals surface area (Å²) in [4.78, 5) is 10.8. The third-order valence-corrected chi connectivity index (χ3v) is 1.84. The van der Waals surface area contributed by atoms with Crippen LogP contribution in [-0.2, 0) is 4.79 Å². The smallest absolute Gasteiger partial charge is 0.320 e. The lowest BCUT2D eigenvalue weighted by Gasteiger charge is -2.20. The maximum absolute atomic E-state index is 10.8. The summed E-state index contributed by atoms with van der Waals surface area (Å²) >= 11 is 0. The van der Waals surface area contributed by atoms with Crippen LogP contribution in [-0.4, -0.2) is 29.7 Å². The van der Waals surface area contributed by atoms with E-state index in [1.165, 1.54) is 0 Å². The maximum Gasteiger partial charge on any atom is 0.320 e. The molecule has 4 heteroatoms. The number of aliphatic carboxylic acids is 1. The molecule has 0 amide bonds. The molecule has 13 heavy (non-hydrogen) atoms. The van der Waals surface area contributed by atoms with Crippen molar-refractivity contribution in [3.8, 4) is 0 Å². The largest absolute Gasteiger partial charge is 0.480 e. The molecule has 0 heterocycles. The molecule has 0 aliphatic carbocycles. The number of carboxylic acids is 1. The van der Waals surface area contributed by atoms with E-state index in [-0.39, 0.29) is 6.04 Å². The fourth-order valence-electron chi connectivity index (χ4n) is 1.12. The summed E-state index contributed by atoms with van der Waals surface area (Å²) in [5, 5.41) is 11.8. The van der Waals surface area contributed by atoms with Crippen molar-refractivity contribution < 1.29 is 9.90 Å². The van der Waals surface area contributed by atoms with Gasteiger partial charge in [-0.25, -0.2) is 0 Å². The second kappa shape index (κ2) is 5.94. The molecular weight excluding hydrogens is 168 g/mol. The van der Waals surface area contributed by atoms with Crippen LogP contribution < -0.4 is 11.1 Å². The molecule has 0 bridgehead atoms. The molecule has 0 saturated carbocycles. The molecule has 0 aliphatic heterocycles. The quantitative estimate of drug-likeness (QED) is 0.565. The van der Waals surface area contributed by atoms with Crippen LogP contribution in [0, 0.1) is 5.92 Å². The molecule has 2 atom stereocenters. The van der Waals surface area contributed by atoms with E-state index >= 15 is 0 Å². The van der Waals surface area contributed by atoms with Crippen molar-refractivity contribution in [2.45, 2.75) is 39.3 Å². The highest BCUT2D eigenvalue weighted by atomic mass is 16.4. The van der Waals surface area contributed by atoms with Crippen LogP contribution in [0.25, 0.3) is 0 Å². The molecule has 0 saturated heterocycles. The number of hydrogen-bond donors (Lipinski definition) is 3. The molecule has 2 unspecified atom stereocenters. The highest BCUT2D eigenvalue weighted by Gasteiger charge is 2.19. The van der Waals surface area contributed by atoms with Gasteiger partial charge in [-0.1, -0.05) is 13.8 Å². The van der Waals surface area contributed by atoms with Gasteiger partial charge in [0.1, 0.15) is 6.04 Å². The van der Waals surface area contributed by atoms with Crippen LogP contribution >= 0.6 is 0 Å². The van der Waals surface area contributed by atoms with Crippen molar-refractivity contribution in [1.82, 2.24) is 5.32 Å². The van der Waals surface area contributed by atoms with Gasteiger partial charge in [0.25, 0.3) is 0 Å². The standard InChI is InChI=1S/C9H20N2O2/c1-6(2)4-8(9(12)13)11-7(3)5-10/h6-8,11H,4-5,10H2,1-3H3,(H,12,13). The topological polar surface area (TPSA) is 75.3 Å². The lowest BCUT2D eigenvalue weighted by molar-refractivity contribution is -0.140. The molecule has 0 aromatic rings. The Bertz CT molecular complexity index is 160. The van der Waals surface area contributed by atoms with Gasteiger partial charge in [-0.05, 0) is 19.3 Å². The lowest BCUT2D eigenvalue weighted by atomic mass is 10.0. The summed E-state index contributed by atoms with van der Waals surface area (Å²) in [6.45, 7) is 6.35. The number of nitrogens with two attached hydrogens (primary N) is 1. The summed E-state index contributed by atoms with van der Waals surface area (Å²) in [5.74, 6) is -0.424. The van der Waals surface area contributed by atoms with Crippen molar-refractivity contribution in [2.24, 2.45) is 11.7 Å². The average molecular weight is 188 g/mol. The Morgan fingerprint density at radius 2 is 2.00 bits per heavy atom. The first kappa shape index (κ1) is 12.4. The van der Waals surface area contributed by atoms with Gasteiger partial charge in [-0.2, -0.15) is 0 Å². The van der Waals surface area contributed by atoms with Gasteiger partial charge < -0.3 is 16.2 Å². The first-order chi connectivity index (χ1) is 5.97. The Kier molecular flexibility index (Phi) is 5.66. The minimum atomic E-state index is -0.797. The van der Waals surface area contributed by atoms with E-state index in [9.17, 15) is 4.79 Å². The predicted octanol–water partition coefficient (Wildman–Crippen LogP) is 0.423. The van der Waals surface area contributed by atoms with E-state index in [1.54, 1.807) is 0 Å². The second-order valence-electron chi connectivity index (χ2n) is 3.82. The Labute approximate surface area is 79.5 Å². The van der Waals surface area contributed by atoms with Crippen molar-refractivity contribution in [1.29, 1.82) is 0 Å². The van der Waals surface area contributed by atoms with E-state index in [4.69, 9.17) is 10.8 Å². The van der Waals surface area contributed by atoms with Crippen LogP contribution in [0.5, 0.6) is 0 Å². The monoisotopic (exact) mass is 188 g/mol. The molecule has 0 aromatic carbocycles. The number of carbonyl (C=O) groups is 1. The van der Waals surface area contributed by atoms with Gasteiger partial charge in [-0.15, -0.1) is 0 Å². The first-order valence-electron chi connectivity index (χ1n) is 4.66. The Hall–Kier alpha value is -0.610. The van der Waals surface area contributed by atoms with Crippen LogP contribution in [0.4, 0.5) is 0 Å². The van der Waals surface area contributed by atoms with Gasteiger partial charge >= 0.3 is 5.97 Å². The maximum atomic E-state index is 10.8. The molecule has 78 valence electrons. The molecular formula is C9H20N2O2. The Morgan fingerprint density at radius 3 is 2.31 bits per heavy atom. The predicted molar refractivity (Wildman–Crippen MR) is 52.5 cm³/mol. The van der Waals surface area contributed by atoms with Crippen molar-refractivity contribution in [3.05, 3.63) is 0 Å². The first-order valence-corrected chi connectivity index (χ1v) is 4.66. The Balaban J connectivity index is 4.02. The summed E-state index contributed by atoms with van der Waals surface area (Å²) in [5.41, 5.74) is 5.40. The van der Waals surface area contributed by atoms with E-state index in [1.807, 2.05) is 20.8 Å². The van der Waals surface area contributed by atoms with Crippen LogP contribution in [0.2, 0.25) is 0 Å². The zero-order chi connectivity index (χ0) is 10.4. The highest BCUT2D eigenvalue weighted by molar-refractivity contribution is 5.73. The normalized spacial score (nSPS) is 15.8. The molecule has 0 fully saturated rings. The van der Waals surface area contributed by atoms with Gasteiger partial charge in [0.05, 0.1) is 0 Å². The molecule has 4 nitrogen and oxygen atoms in total. The number of hydrogen-bond acceptors (Lipinski definition) is 3.